The van der Waals surface area contributed by atoms with Crippen LogP contribution in [0, 0.1) is 35.0 Å². The molecule has 1 aliphatic carbocycles. The third kappa shape index (κ3) is 5.23. The molecule has 0 radical (unpaired) electrons. The number of nitriles is 1. The van der Waals surface area contributed by atoms with Crippen molar-refractivity contribution in [3.63, 3.8) is 0 Å². The molecule has 35 heavy (non-hydrogen) atoms. The fourth-order valence-electron chi connectivity index (χ4n) is 6.30. The molecule has 12 heteroatoms. The summed E-state index contributed by atoms with van der Waals surface area (Å²) in [6, 6.07) is -1.21. The lowest BCUT2D eigenvalue weighted by atomic mass is 9.85. The lowest BCUT2D eigenvalue weighted by molar-refractivity contribution is -0.175. The molecule has 0 unspecified atom stereocenters. The predicted molar refractivity (Wildman–Crippen MR) is 115 cm³/mol. The molecule has 0 aromatic heterocycles. The quantitative estimate of drug-likeness (QED) is 0.497. The molecule has 4 fully saturated rings. The number of alkyl halides is 3. The summed E-state index contributed by atoms with van der Waals surface area (Å²) >= 11 is 0. The van der Waals surface area contributed by atoms with Crippen molar-refractivity contribution in [2.24, 2.45) is 23.7 Å². The summed E-state index contributed by atoms with van der Waals surface area (Å²) in [7, 11) is 0. The van der Waals surface area contributed by atoms with Gasteiger partial charge in [0, 0.05) is 19.0 Å². The summed E-state index contributed by atoms with van der Waals surface area (Å²) < 4.78 is 39.0. The summed E-state index contributed by atoms with van der Waals surface area (Å²) in [5, 5.41) is 17.0. The minimum Gasteiger partial charge on any atom is -0.356 e. The molecule has 1 saturated carbocycles. The van der Waals surface area contributed by atoms with Gasteiger partial charge < -0.3 is 20.9 Å². The molecule has 0 aromatic rings. The number of fused-ring (bicyclic) bond motifs is 4. The van der Waals surface area contributed by atoms with Crippen LogP contribution in [0.5, 0.6) is 0 Å². The van der Waals surface area contributed by atoms with Gasteiger partial charge in [0.1, 0.15) is 18.1 Å². The van der Waals surface area contributed by atoms with Crippen molar-refractivity contribution < 1.29 is 32.3 Å². The average Bonchev–Trinajstić information content (AvgIpc) is 3.48. The second-order valence-electron chi connectivity index (χ2n) is 10.1. The number of amides is 4. The van der Waals surface area contributed by atoms with Crippen molar-refractivity contribution in [1.82, 2.24) is 20.9 Å². The molecule has 4 aliphatic rings. The van der Waals surface area contributed by atoms with Crippen LogP contribution in [0.4, 0.5) is 13.2 Å². The van der Waals surface area contributed by atoms with Gasteiger partial charge in [0.2, 0.25) is 17.7 Å². The van der Waals surface area contributed by atoms with Gasteiger partial charge in [-0.25, -0.2) is 0 Å². The van der Waals surface area contributed by atoms with Crippen LogP contribution in [0.15, 0.2) is 0 Å². The minimum absolute atomic E-state index is 0.000405. The summed E-state index contributed by atoms with van der Waals surface area (Å²) in [6.45, 7) is 0.646. The number of halogens is 3. The van der Waals surface area contributed by atoms with Crippen molar-refractivity contribution in [1.29, 1.82) is 5.26 Å². The first kappa shape index (κ1) is 25.3. The van der Waals surface area contributed by atoms with Crippen molar-refractivity contribution in [3.05, 3.63) is 0 Å². The number of nitrogens with one attached hydrogen (secondary N) is 3. The second kappa shape index (κ2) is 10.0. The number of hydrogen-bond donors (Lipinski definition) is 3. The number of carbonyl (C=O) groups is 4. The Morgan fingerprint density at radius 3 is 2.46 bits per heavy atom. The van der Waals surface area contributed by atoms with Gasteiger partial charge in [-0.1, -0.05) is 19.3 Å². The van der Waals surface area contributed by atoms with E-state index in [0.717, 1.165) is 12.8 Å². The molecule has 3 aliphatic heterocycles. The molecule has 7 atom stereocenters. The summed E-state index contributed by atoms with van der Waals surface area (Å²) in [5.41, 5.74) is 0. The highest BCUT2D eigenvalue weighted by atomic mass is 19.4. The summed E-state index contributed by atoms with van der Waals surface area (Å²) in [4.78, 5) is 52.2. The molecule has 9 nitrogen and oxygen atoms in total. The molecule has 0 bridgehead atoms. The van der Waals surface area contributed by atoms with Gasteiger partial charge in [-0.15, -0.1) is 0 Å². The van der Waals surface area contributed by atoms with Crippen LogP contribution in [-0.4, -0.2) is 65.9 Å². The van der Waals surface area contributed by atoms with Gasteiger partial charge in [-0.3, -0.25) is 19.2 Å². The van der Waals surface area contributed by atoms with Crippen LogP contribution >= 0.6 is 0 Å². The maximum Gasteiger partial charge on any atom is 0.471 e. The van der Waals surface area contributed by atoms with Crippen molar-refractivity contribution in [2.45, 2.75) is 75.7 Å². The van der Waals surface area contributed by atoms with Gasteiger partial charge in [-0.2, -0.15) is 18.4 Å². The Morgan fingerprint density at radius 2 is 1.74 bits per heavy atom. The zero-order chi connectivity index (χ0) is 25.3. The van der Waals surface area contributed by atoms with Crippen LogP contribution in [-0.2, 0) is 19.2 Å². The lowest BCUT2D eigenvalue weighted by Crippen LogP contribution is -2.57. The highest BCUT2D eigenvalue weighted by Crippen LogP contribution is 2.43. The standard InChI is InChI=1S/C23H30F3N5O4/c24-23(25,26)22(35)30-17-7-2-1-4-12-10-28-19(32)16(12)8-14(9-27)29-20(33)18-15-6-3-5-13(15)11-31(18)21(17)34/h12-18H,1-8,10-11H2,(H,28,32)(H,29,33)(H,30,35)/t12-,13-,14-,15-,16-,17-,18-/m0/s1. The Morgan fingerprint density at radius 1 is 1.03 bits per heavy atom. The fraction of sp³-hybridized carbons (Fsp3) is 0.783. The average molecular weight is 498 g/mol. The molecule has 4 amide bonds. The highest BCUT2D eigenvalue weighted by Gasteiger charge is 2.51. The minimum atomic E-state index is -5.14. The van der Waals surface area contributed by atoms with E-state index in [1.165, 1.54) is 4.90 Å². The third-order valence-corrected chi connectivity index (χ3v) is 8.03. The Labute approximate surface area is 201 Å². The van der Waals surface area contributed by atoms with E-state index in [-0.39, 0.29) is 43.0 Å². The first-order valence-corrected chi connectivity index (χ1v) is 12.3. The molecule has 0 aromatic carbocycles. The van der Waals surface area contributed by atoms with Crippen molar-refractivity contribution >= 4 is 23.6 Å². The van der Waals surface area contributed by atoms with Crippen molar-refractivity contribution in [3.8, 4) is 6.07 Å². The van der Waals surface area contributed by atoms with Crippen LogP contribution in [0.3, 0.4) is 0 Å². The van der Waals surface area contributed by atoms with Gasteiger partial charge in [0.25, 0.3) is 0 Å². The van der Waals surface area contributed by atoms with E-state index in [4.69, 9.17) is 0 Å². The first-order chi connectivity index (χ1) is 16.6. The van der Waals surface area contributed by atoms with E-state index in [2.05, 4.69) is 16.7 Å². The predicted octanol–water partition coefficient (Wildman–Crippen LogP) is 0.995. The number of nitrogens with zero attached hydrogens (tertiary/aromatic N) is 2. The van der Waals surface area contributed by atoms with Crippen LogP contribution in [0.1, 0.15) is 51.4 Å². The maximum absolute atomic E-state index is 13.5. The molecule has 4 rings (SSSR count). The number of hydrogen-bond acceptors (Lipinski definition) is 5. The Hall–Kier alpha value is -2.84. The normalized spacial score (nSPS) is 36.2. The highest BCUT2D eigenvalue weighted by molar-refractivity contribution is 5.94. The summed E-state index contributed by atoms with van der Waals surface area (Å²) in [5.74, 6) is -4.26. The van der Waals surface area contributed by atoms with Crippen LogP contribution in [0.25, 0.3) is 0 Å². The SMILES string of the molecule is N#C[C@@H]1C[C@@H]2C(=O)NC[C@@H]2CCCC[C@H](NC(=O)C(F)(F)F)C(=O)N2C[C@@H]3CCC[C@@H]3[C@H]2C(=O)N1. The molecule has 3 N–H and O–H groups in total. The van der Waals surface area contributed by atoms with Gasteiger partial charge in [-0.05, 0) is 49.9 Å². The van der Waals surface area contributed by atoms with Gasteiger partial charge in [0.15, 0.2) is 0 Å². The Kier molecular flexibility index (Phi) is 7.24. The maximum atomic E-state index is 13.5. The third-order valence-electron chi connectivity index (χ3n) is 8.03. The second-order valence-corrected chi connectivity index (χ2v) is 10.1. The Bertz CT molecular complexity index is 920. The lowest BCUT2D eigenvalue weighted by Gasteiger charge is -2.32. The smallest absolute Gasteiger partial charge is 0.356 e. The largest absolute Gasteiger partial charge is 0.471 e. The Balaban J connectivity index is 1.63. The van der Waals surface area contributed by atoms with E-state index in [9.17, 15) is 37.6 Å². The molecule has 3 saturated heterocycles. The first-order valence-electron chi connectivity index (χ1n) is 12.3. The van der Waals surface area contributed by atoms with Crippen molar-refractivity contribution in [2.75, 3.05) is 13.1 Å². The topological polar surface area (TPSA) is 131 Å². The molecule has 0 spiro atoms. The van der Waals surface area contributed by atoms with E-state index >= 15 is 0 Å². The summed E-state index contributed by atoms with van der Waals surface area (Å²) in [6.07, 6.45) is -1.13. The zero-order valence-electron chi connectivity index (χ0n) is 19.3. The van der Waals surface area contributed by atoms with Crippen LogP contribution in [0.2, 0.25) is 0 Å². The van der Waals surface area contributed by atoms with Gasteiger partial charge >= 0.3 is 12.1 Å². The van der Waals surface area contributed by atoms with E-state index in [0.29, 0.717) is 32.2 Å². The number of carbonyl (C=O) groups excluding carboxylic acids is 4. The van der Waals surface area contributed by atoms with E-state index in [1.807, 2.05) is 5.32 Å². The number of rotatable bonds is 1. The van der Waals surface area contributed by atoms with Crippen LogP contribution < -0.4 is 16.0 Å². The molecular weight excluding hydrogens is 467 g/mol. The van der Waals surface area contributed by atoms with Gasteiger partial charge in [0.05, 0.1) is 6.07 Å². The molecule has 3 heterocycles. The zero-order valence-corrected chi connectivity index (χ0v) is 19.3. The monoisotopic (exact) mass is 497 g/mol. The fourth-order valence-corrected chi connectivity index (χ4v) is 6.30. The molecular formula is C23H30F3N5O4. The molecule has 192 valence electrons. The van der Waals surface area contributed by atoms with E-state index in [1.54, 1.807) is 0 Å². The van der Waals surface area contributed by atoms with E-state index < -0.39 is 47.9 Å².